The minimum absolute atomic E-state index is 0.0341. The molecular formula is C20H25N3O3. The Morgan fingerprint density at radius 2 is 1.92 bits per heavy atom. The zero-order chi connectivity index (χ0) is 18.4. The van der Waals surface area contributed by atoms with E-state index in [4.69, 9.17) is 9.47 Å². The second-order valence-corrected chi connectivity index (χ2v) is 6.44. The molecule has 6 heteroatoms. The Balaban J connectivity index is 1.47. The van der Waals surface area contributed by atoms with Crippen LogP contribution < -0.4 is 14.8 Å². The zero-order valence-electron chi connectivity index (χ0n) is 15.2. The van der Waals surface area contributed by atoms with Crippen molar-refractivity contribution in [1.82, 2.24) is 15.2 Å². The Hall–Kier alpha value is -2.76. The predicted molar refractivity (Wildman–Crippen MR) is 99.4 cm³/mol. The van der Waals surface area contributed by atoms with Gasteiger partial charge in [-0.05, 0) is 36.8 Å². The Bertz CT molecular complexity index is 698. The van der Waals surface area contributed by atoms with Crippen LogP contribution in [0.3, 0.4) is 0 Å². The van der Waals surface area contributed by atoms with Crippen molar-refractivity contribution in [1.29, 1.82) is 0 Å². The number of carbonyl (C=O) groups excluding carboxylic acids is 1. The van der Waals surface area contributed by atoms with Gasteiger partial charge in [-0.1, -0.05) is 12.1 Å². The molecule has 2 amide bonds. The monoisotopic (exact) mass is 355 g/mol. The van der Waals surface area contributed by atoms with Crippen LogP contribution in [0.4, 0.5) is 4.79 Å². The van der Waals surface area contributed by atoms with E-state index < -0.39 is 0 Å². The number of rotatable bonds is 5. The molecule has 1 unspecified atom stereocenters. The van der Waals surface area contributed by atoms with Gasteiger partial charge >= 0.3 is 6.03 Å². The molecule has 1 saturated heterocycles. The third-order valence-electron chi connectivity index (χ3n) is 4.62. The Morgan fingerprint density at radius 3 is 2.54 bits per heavy atom. The second-order valence-electron chi connectivity index (χ2n) is 6.44. The van der Waals surface area contributed by atoms with Crippen molar-refractivity contribution in [2.24, 2.45) is 0 Å². The van der Waals surface area contributed by atoms with Crippen LogP contribution in [0, 0.1) is 0 Å². The lowest BCUT2D eigenvalue weighted by Crippen LogP contribution is -2.47. The standard InChI is InChI=1S/C20H25N3O3/c1-15(16-5-7-17(25-2)8-6-16)22-20(24)23-12-9-18(10-13-23)26-19-4-3-11-21-14-19/h3-8,11,14-15,18H,9-10,12-13H2,1-2H3,(H,22,24). The summed E-state index contributed by atoms with van der Waals surface area (Å²) in [6.45, 7) is 3.36. The summed E-state index contributed by atoms with van der Waals surface area (Å²) in [7, 11) is 1.64. The predicted octanol–water partition coefficient (Wildman–Crippen LogP) is 3.40. The molecule has 1 N–H and O–H groups in total. The number of pyridine rings is 1. The number of amides is 2. The maximum atomic E-state index is 12.5. The van der Waals surface area contributed by atoms with E-state index in [0.29, 0.717) is 13.1 Å². The lowest BCUT2D eigenvalue weighted by atomic mass is 10.1. The maximum absolute atomic E-state index is 12.5. The normalized spacial score (nSPS) is 16.0. The molecule has 1 aromatic heterocycles. The number of likely N-dealkylation sites (tertiary alicyclic amines) is 1. The van der Waals surface area contributed by atoms with E-state index in [2.05, 4.69) is 10.3 Å². The Labute approximate surface area is 154 Å². The van der Waals surface area contributed by atoms with Gasteiger partial charge in [-0.3, -0.25) is 4.98 Å². The number of piperidine rings is 1. The van der Waals surface area contributed by atoms with Crippen molar-refractivity contribution in [3.63, 3.8) is 0 Å². The molecule has 0 radical (unpaired) electrons. The maximum Gasteiger partial charge on any atom is 0.317 e. The van der Waals surface area contributed by atoms with Crippen molar-refractivity contribution >= 4 is 6.03 Å². The van der Waals surface area contributed by atoms with E-state index in [-0.39, 0.29) is 18.2 Å². The average Bonchev–Trinajstić information content (AvgIpc) is 2.69. The number of carbonyl (C=O) groups is 1. The van der Waals surface area contributed by atoms with E-state index in [9.17, 15) is 4.79 Å². The van der Waals surface area contributed by atoms with Gasteiger partial charge in [-0.15, -0.1) is 0 Å². The van der Waals surface area contributed by atoms with Crippen molar-refractivity contribution in [2.75, 3.05) is 20.2 Å². The first-order valence-corrected chi connectivity index (χ1v) is 8.92. The number of nitrogens with one attached hydrogen (secondary N) is 1. The summed E-state index contributed by atoms with van der Waals surface area (Å²) < 4.78 is 11.1. The summed E-state index contributed by atoms with van der Waals surface area (Å²) >= 11 is 0. The van der Waals surface area contributed by atoms with Gasteiger partial charge in [-0.25, -0.2) is 4.79 Å². The first kappa shape index (κ1) is 18.0. The number of urea groups is 1. The molecule has 1 aliphatic heterocycles. The van der Waals surface area contributed by atoms with E-state index in [1.54, 1.807) is 19.5 Å². The van der Waals surface area contributed by atoms with Crippen LogP contribution in [0.5, 0.6) is 11.5 Å². The summed E-state index contributed by atoms with van der Waals surface area (Å²) in [6, 6.07) is 11.4. The fourth-order valence-corrected chi connectivity index (χ4v) is 3.04. The number of ether oxygens (including phenoxy) is 2. The lowest BCUT2D eigenvalue weighted by Gasteiger charge is -2.33. The highest BCUT2D eigenvalue weighted by molar-refractivity contribution is 5.74. The van der Waals surface area contributed by atoms with Crippen molar-refractivity contribution in [3.05, 3.63) is 54.4 Å². The molecule has 0 saturated carbocycles. The fraction of sp³-hybridized carbons (Fsp3) is 0.400. The van der Waals surface area contributed by atoms with Crippen molar-refractivity contribution in [3.8, 4) is 11.5 Å². The van der Waals surface area contributed by atoms with Crippen LogP contribution in [0.1, 0.15) is 31.4 Å². The molecule has 1 fully saturated rings. The third kappa shape index (κ3) is 4.65. The van der Waals surface area contributed by atoms with Gasteiger partial charge in [-0.2, -0.15) is 0 Å². The fourth-order valence-electron chi connectivity index (χ4n) is 3.04. The quantitative estimate of drug-likeness (QED) is 0.893. The molecule has 0 aliphatic carbocycles. The molecule has 2 aromatic rings. The molecule has 1 atom stereocenters. The van der Waals surface area contributed by atoms with Gasteiger partial charge in [0, 0.05) is 32.1 Å². The highest BCUT2D eigenvalue weighted by Gasteiger charge is 2.24. The van der Waals surface area contributed by atoms with E-state index in [1.165, 1.54) is 0 Å². The lowest BCUT2D eigenvalue weighted by molar-refractivity contribution is 0.110. The smallest absolute Gasteiger partial charge is 0.317 e. The summed E-state index contributed by atoms with van der Waals surface area (Å²) in [5.74, 6) is 1.59. The van der Waals surface area contributed by atoms with Crippen LogP contribution >= 0.6 is 0 Å². The number of methoxy groups -OCH3 is 1. The van der Waals surface area contributed by atoms with Gasteiger partial charge < -0.3 is 19.7 Å². The van der Waals surface area contributed by atoms with Crippen LogP contribution in [0.15, 0.2) is 48.8 Å². The van der Waals surface area contributed by atoms with Crippen molar-refractivity contribution < 1.29 is 14.3 Å². The Kier molecular flexibility index (Phi) is 5.94. The highest BCUT2D eigenvalue weighted by atomic mass is 16.5. The first-order valence-electron chi connectivity index (χ1n) is 8.92. The highest BCUT2D eigenvalue weighted by Crippen LogP contribution is 2.20. The minimum atomic E-state index is -0.0576. The van der Waals surface area contributed by atoms with Crippen LogP contribution in [0.25, 0.3) is 0 Å². The van der Waals surface area contributed by atoms with Gasteiger partial charge in [0.25, 0.3) is 0 Å². The van der Waals surface area contributed by atoms with Crippen LogP contribution in [-0.4, -0.2) is 42.2 Å². The minimum Gasteiger partial charge on any atom is -0.497 e. The molecule has 2 heterocycles. The molecule has 3 rings (SSSR count). The summed E-state index contributed by atoms with van der Waals surface area (Å²) in [4.78, 5) is 18.4. The molecule has 6 nitrogen and oxygen atoms in total. The first-order chi connectivity index (χ1) is 12.7. The van der Waals surface area contributed by atoms with Crippen molar-refractivity contribution in [2.45, 2.75) is 31.9 Å². The average molecular weight is 355 g/mol. The molecular weight excluding hydrogens is 330 g/mol. The SMILES string of the molecule is COc1ccc(C(C)NC(=O)N2CCC(Oc3cccnc3)CC2)cc1. The molecule has 26 heavy (non-hydrogen) atoms. The number of hydrogen-bond donors (Lipinski definition) is 1. The zero-order valence-corrected chi connectivity index (χ0v) is 15.2. The molecule has 0 spiro atoms. The summed E-state index contributed by atoms with van der Waals surface area (Å²) in [5.41, 5.74) is 1.05. The van der Waals surface area contributed by atoms with Gasteiger partial charge in [0.1, 0.15) is 17.6 Å². The van der Waals surface area contributed by atoms with Crippen LogP contribution in [-0.2, 0) is 0 Å². The second kappa shape index (κ2) is 8.56. The Morgan fingerprint density at radius 1 is 1.19 bits per heavy atom. The summed E-state index contributed by atoms with van der Waals surface area (Å²) in [6.07, 6.45) is 5.21. The van der Waals surface area contributed by atoms with Gasteiger partial charge in [0.2, 0.25) is 0 Å². The molecule has 138 valence electrons. The van der Waals surface area contributed by atoms with E-state index in [0.717, 1.165) is 29.9 Å². The topological polar surface area (TPSA) is 63.7 Å². The number of nitrogens with zero attached hydrogens (tertiary/aromatic N) is 2. The number of aromatic nitrogens is 1. The number of hydrogen-bond acceptors (Lipinski definition) is 4. The van der Waals surface area contributed by atoms with E-state index in [1.807, 2.05) is 48.2 Å². The van der Waals surface area contributed by atoms with E-state index >= 15 is 0 Å². The molecule has 1 aromatic carbocycles. The van der Waals surface area contributed by atoms with Crippen LogP contribution in [0.2, 0.25) is 0 Å². The molecule has 1 aliphatic rings. The largest absolute Gasteiger partial charge is 0.497 e. The van der Waals surface area contributed by atoms with Gasteiger partial charge in [0.05, 0.1) is 19.3 Å². The molecule has 0 bridgehead atoms. The number of benzene rings is 1. The third-order valence-corrected chi connectivity index (χ3v) is 4.62. The summed E-state index contributed by atoms with van der Waals surface area (Å²) in [5, 5.41) is 3.06. The van der Waals surface area contributed by atoms with Gasteiger partial charge in [0.15, 0.2) is 0 Å².